The molecule has 114 valence electrons. The van der Waals surface area contributed by atoms with Crippen molar-refractivity contribution >= 4 is 11.5 Å². The van der Waals surface area contributed by atoms with E-state index in [1.165, 1.54) is 0 Å². The monoisotopic (exact) mass is 290 g/mol. The Morgan fingerprint density at radius 2 is 2.33 bits per heavy atom. The number of aliphatic hydroxyl groups is 1. The van der Waals surface area contributed by atoms with Crippen molar-refractivity contribution < 1.29 is 9.84 Å². The molecule has 0 spiro atoms. The Labute approximate surface area is 124 Å². The molecule has 3 rings (SSSR count). The maximum Gasteiger partial charge on any atom is 0.152 e. The fourth-order valence-corrected chi connectivity index (χ4v) is 2.82. The second-order valence-electron chi connectivity index (χ2n) is 5.48. The van der Waals surface area contributed by atoms with E-state index in [0.29, 0.717) is 13.2 Å². The molecule has 1 aliphatic heterocycles. The standard InChI is InChI=1S/C15H22N4O2/c1-11-10-21-12(9-20)8-19(11)15-13(7-16-2)18-6-4-3-5-14(18)17-15/h3-6,11-12,16,20H,7-10H2,1-2H3. The minimum Gasteiger partial charge on any atom is -0.394 e. The van der Waals surface area contributed by atoms with Crippen molar-refractivity contribution in [2.75, 3.05) is 31.7 Å². The zero-order chi connectivity index (χ0) is 14.8. The van der Waals surface area contributed by atoms with Crippen LogP contribution < -0.4 is 10.2 Å². The average molecular weight is 290 g/mol. The Morgan fingerprint density at radius 1 is 1.48 bits per heavy atom. The number of pyridine rings is 1. The summed E-state index contributed by atoms with van der Waals surface area (Å²) in [6.45, 7) is 4.18. The summed E-state index contributed by atoms with van der Waals surface area (Å²) in [6.07, 6.45) is 1.89. The van der Waals surface area contributed by atoms with Gasteiger partial charge in [0.2, 0.25) is 0 Å². The molecule has 0 bridgehead atoms. The number of fused-ring (bicyclic) bond motifs is 1. The fourth-order valence-electron chi connectivity index (χ4n) is 2.82. The summed E-state index contributed by atoms with van der Waals surface area (Å²) in [5.74, 6) is 0.977. The van der Waals surface area contributed by atoms with Gasteiger partial charge in [-0.1, -0.05) is 6.07 Å². The van der Waals surface area contributed by atoms with Crippen molar-refractivity contribution in [3.63, 3.8) is 0 Å². The zero-order valence-electron chi connectivity index (χ0n) is 12.5. The van der Waals surface area contributed by atoms with Gasteiger partial charge in [-0.25, -0.2) is 4.98 Å². The lowest BCUT2D eigenvalue weighted by Gasteiger charge is -2.38. The first-order chi connectivity index (χ1) is 10.2. The van der Waals surface area contributed by atoms with Crippen LogP contribution in [0, 0.1) is 0 Å². The van der Waals surface area contributed by atoms with Crippen LogP contribution in [0.25, 0.3) is 5.65 Å². The quantitative estimate of drug-likeness (QED) is 0.865. The van der Waals surface area contributed by atoms with Crippen molar-refractivity contribution in [1.29, 1.82) is 0 Å². The lowest BCUT2D eigenvalue weighted by atomic mass is 10.2. The molecule has 3 heterocycles. The highest BCUT2D eigenvalue weighted by atomic mass is 16.5. The average Bonchev–Trinajstić information content (AvgIpc) is 2.87. The van der Waals surface area contributed by atoms with Gasteiger partial charge in [-0.2, -0.15) is 0 Å². The van der Waals surface area contributed by atoms with Gasteiger partial charge in [0, 0.05) is 19.3 Å². The molecular weight excluding hydrogens is 268 g/mol. The molecule has 6 nitrogen and oxygen atoms in total. The van der Waals surface area contributed by atoms with E-state index in [9.17, 15) is 5.11 Å². The number of anilines is 1. The summed E-state index contributed by atoms with van der Waals surface area (Å²) < 4.78 is 7.74. The number of hydrogen-bond acceptors (Lipinski definition) is 5. The van der Waals surface area contributed by atoms with Gasteiger partial charge in [0.1, 0.15) is 5.65 Å². The van der Waals surface area contributed by atoms with E-state index in [4.69, 9.17) is 9.72 Å². The van der Waals surface area contributed by atoms with Crippen LogP contribution in [-0.2, 0) is 11.3 Å². The maximum atomic E-state index is 9.36. The van der Waals surface area contributed by atoms with Crippen molar-refractivity contribution in [1.82, 2.24) is 14.7 Å². The summed E-state index contributed by atoms with van der Waals surface area (Å²) in [5, 5.41) is 12.6. The molecule has 0 aromatic carbocycles. The third-order valence-corrected chi connectivity index (χ3v) is 3.93. The number of rotatable bonds is 4. The second-order valence-corrected chi connectivity index (χ2v) is 5.48. The highest BCUT2D eigenvalue weighted by Crippen LogP contribution is 2.26. The van der Waals surface area contributed by atoms with Crippen molar-refractivity contribution in [3.8, 4) is 0 Å². The normalized spacial score (nSPS) is 22.9. The largest absolute Gasteiger partial charge is 0.394 e. The molecule has 1 aliphatic rings. The SMILES string of the molecule is CNCc1c(N2CC(CO)OCC2C)nc2ccccn12. The van der Waals surface area contributed by atoms with E-state index < -0.39 is 0 Å². The van der Waals surface area contributed by atoms with Crippen LogP contribution in [0.2, 0.25) is 0 Å². The van der Waals surface area contributed by atoms with E-state index in [1.807, 2.05) is 31.4 Å². The predicted molar refractivity (Wildman–Crippen MR) is 81.6 cm³/mol. The summed E-state index contributed by atoms with van der Waals surface area (Å²) >= 11 is 0. The minimum absolute atomic E-state index is 0.0396. The first-order valence-corrected chi connectivity index (χ1v) is 7.34. The molecule has 0 amide bonds. The molecule has 2 aromatic rings. The van der Waals surface area contributed by atoms with Crippen molar-refractivity contribution in [3.05, 3.63) is 30.1 Å². The van der Waals surface area contributed by atoms with Crippen LogP contribution >= 0.6 is 0 Å². The molecule has 2 atom stereocenters. The summed E-state index contributed by atoms with van der Waals surface area (Å²) in [6, 6.07) is 6.26. The van der Waals surface area contributed by atoms with Crippen molar-refractivity contribution in [2.45, 2.75) is 25.6 Å². The molecule has 1 fully saturated rings. The van der Waals surface area contributed by atoms with E-state index in [1.54, 1.807) is 0 Å². The van der Waals surface area contributed by atoms with Gasteiger partial charge in [-0.05, 0) is 26.1 Å². The zero-order valence-corrected chi connectivity index (χ0v) is 12.5. The number of aliphatic hydroxyl groups excluding tert-OH is 1. The smallest absolute Gasteiger partial charge is 0.152 e. The Bertz CT molecular complexity index is 613. The van der Waals surface area contributed by atoms with Gasteiger partial charge < -0.3 is 24.5 Å². The van der Waals surface area contributed by atoms with Gasteiger partial charge in [0.15, 0.2) is 5.82 Å². The molecular formula is C15H22N4O2. The molecule has 1 saturated heterocycles. The number of morpholine rings is 1. The molecule has 2 N–H and O–H groups in total. The van der Waals surface area contributed by atoms with E-state index in [-0.39, 0.29) is 18.8 Å². The van der Waals surface area contributed by atoms with E-state index in [0.717, 1.165) is 23.7 Å². The van der Waals surface area contributed by atoms with Gasteiger partial charge in [-0.15, -0.1) is 0 Å². The number of nitrogens with zero attached hydrogens (tertiary/aromatic N) is 3. The second kappa shape index (κ2) is 6.01. The first kappa shape index (κ1) is 14.3. The molecule has 2 unspecified atom stereocenters. The van der Waals surface area contributed by atoms with Crippen LogP contribution in [0.5, 0.6) is 0 Å². The molecule has 0 aliphatic carbocycles. The Kier molecular flexibility index (Phi) is 4.10. The molecule has 21 heavy (non-hydrogen) atoms. The lowest BCUT2D eigenvalue weighted by molar-refractivity contribution is -0.0106. The van der Waals surface area contributed by atoms with Gasteiger partial charge in [0.05, 0.1) is 31.1 Å². The highest BCUT2D eigenvalue weighted by Gasteiger charge is 2.29. The fraction of sp³-hybridized carbons (Fsp3) is 0.533. The number of hydrogen-bond donors (Lipinski definition) is 2. The summed E-state index contributed by atoms with van der Waals surface area (Å²) in [4.78, 5) is 7.03. The van der Waals surface area contributed by atoms with Crippen LogP contribution in [0.4, 0.5) is 5.82 Å². The lowest BCUT2D eigenvalue weighted by Crippen LogP contribution is -2.50. The van der Waals surface area contributed by atoms with Crippen LogP contribution in [0.1, 0.15) is 12.6 Å². The molecule has 0 saturated carbocycles. The Hall–Kier alpha value is -1.63. The van der Waals surface area contributed by atoms with Crippen LogP contribution in [0.15, 0.2) is 24.4 Å². The maximum absolute atomic E-state index is 9.36. The minimum atomic E-state index is -0.145. The third kappa shape index (κ3) is 2.62. The Balaban J connectivity index is 2.03. The number of imidazole rings is 1. The predicted octanol–water partition coefficient (Wildman–Crippen LogP) is 0.640. The third-order valence-electron chi connectivity index (χ3n) is 3.93. The first-order valence-electron chi connectivity index (χ1n) is 7.34. The molecule has 6 heteroatoms. The number of ether oxygens (including phenoxy) is 1. The topological polar surface area (TPSA) is 62.0 Å². The molecule has 0 radical (unpaired) electrons. The Morgan fingerprint density at radius 3 is 3.10 bits per heavy atom. The molecule has 2 aromatic heterocycles. The number of nitrogens with one attached hydrogen (secondary N) is 1. The number of aromatic nitrogens is 2. The summed E-state index contributed by atoms with van der Waals surface area (Å²) in [7, 11) is 1.94. The van der Waals surface area contributed by atoms with Crippen LogP contribution in [0.3, 0.4) is 0 Å². The van der Waals surface area contributed by atoms with E-state index >= 15 is 0 Å². The van der Waals surface area contributed by atoms with Gasteiger partial charge in [0.25, 0.3) is 0 Å². The van der Waals surface area contributed by atoms with Crippen molar-refractivity contribution in [2.24, 2.45) is 0 Å². The van der Waals surface area contributed by atoms with Crippen LogP contribution in [-0.4, -0.2) is 53.4 Å². The van der Waals surface area contributed by atoms with E-state index in [2.05, 4.69) is 21.5 Å². The highest BCUT2D eigenvalue weighted by molar-refractivity contribution is 5.56. The van der Waals surface area contributed by atoms with Gasteiger partial charge in [-0.3, -0.25) is 0 Å². The van der Waals surface area contributed by atoms with Gasteiger partial charge >= 0.3 is 0 Å². The summed E-state index contributed by atoms with van der Waals surface area (Å²) in [5.41, 5.74) is 2.08.